The van der Waals surface area contributed by atoms with Crippen LogP contribution in [0.2, 0.25) is 10.0 Å². The highest BCUT2D eigenvalue weighted by atomic mass is 35.5. The van der Waals surface area contributed by atoms with Gasteiger partial charge in [-0.25, -0.2) is 4.99 Å². The quantitative estimate of drug-likeness (QED) is 0.826. The van der Waals surface area contributed by atoms with Gasteiger partial charge in [-0.3, -0.25) is 0 Å². The number of ether oxygens (including phenoxy) is 1. The van der Waals surface area contributed by atoms with Crippen molar-refractivity contribution in [2.45, 2.75) is 11.0 Å². The number of thioether (sulfide) groups is 1. The van der Waals surface area contributed by atoms with Crippen molar-refractivity contribution in [3.05, 3.63) is 33.8 Å². The van der Waals surface area contributed by atoms with Gasteiger partial charge in [0.05, 0.1) is 18.7 Å². The third-order valence-corrected chi connectivity index (χ3v) is 6.85. The van der Waals surface area contributed by atoms with Gasteiger partial charge >= 0.3 is 0 Å². The van der Waals surface area contributed by atoms with Crippen LogP contribution in [-0.4, -0.2) is 23.3 Å². The Morgan fingerprint density at radius 3 is 2.52 bits per heavy atom. The fourth-order valence-electron chi connectivity index (χ4n) is 3.94. The molecule has 1 spiro atoms. The van der Waals surface area contributed by atoms with Crippen molar-refractivity contribution in [1.29, 1.82) is 10.5 Å². The Bertz CT molecular complexity index is 819. The molecule has 23 heavy (non-hydrogen) atoms. The number of nitrogens with zero attached hydrogens (tertiary/aromatic N) is 3. The highest BCUT2D eigenvalue weighted by Crippen LogP contribution is 2.84. The van der Waals surface area contributed by atoms with E-state index in [2.05, 4.69) is 17.1 Å². The maximum Gasteiger partial charge on any atom is 0.230 e. The molecule has 0 radical (unpaired) electrons. The second-order valence-electron chi connectivity index (χ2n) is 5.68. The van der Waals surface area contributed by atoms with E-state index in [1.54, 1.807) is 18.2 Å². The lowest BCUT2D eigenvalue weighted by atomic mass is 9.95. The molecule has 1 saturated heterocycles. The summed E-state index contributed by atoms with van der Waals surface area (Å²) in [6.45, 7) is 0.454. The first-order valence-electron chi connectivity index (χ1n) is 6.91. The first-order valence-corrected chi connectivity index (χ1v) is 8.65. The zero-order valence-corrected chi connectivity index (χ0v) is 14.0. The Morgan fingerprint density at radius 1 is 1.30 bits per heavy atom. The smallest absolute Gasteiger partial charge is 0.230 e. The number of rotatable bonds is 1. The van der Waals surface area contributed by atoms with E-state index in [1.165, 1.54) is 11.8 Å². The molecular weight excluding hydrogens is 355 g/mol. The van der Waals surface area contributed by atoms with Gasteiger partial charge in [-0.1, -0.05) is 41.0 Å². The van der Waals surface area contributed by atoms with Crippen LogP contribution < -0.4 is 5.73 Å². The summed E-state index contributed by atoms with van der Waals surface area (Å²) in [7, 11) is 0. The Labute approximate surface area is 147 Å². The van der Waals surface area contributed by atoms with E-state index in [0.29, 0.717) is 28.0 Å². The van der Waals surface area contributed by atoms with Gasteiger partial charge in [0.2, 0.25) is 5.06 Å². The number of benzene rings is 1. The zero-order valence-electron chi connectivity index (χ0n) is 11.7. The Hall–Kier alpha value is -1.44. The minimum atomic E-state index is -1.26. The van der Waals surface area contributed by atoms with Crippen LogP contribution in [-0.2, 0) is 4.74 Å². The molecule has 1 saturated carbocycles. The van der Waals surface area contributed by atoms with Gasteiger partial charge in [-0.15, -0.1) is 0 Å². The zero-order chi connectivity index (χ0) is 16.5. The Morgan fingerprint density at radius 2 is 2.00 bits per heavy atom. The molecule has 0 bridgehead atoms. The fourth-order valence-corrected chi connectivity index (χ4v) is 5.88. The molecule has 1 aliphatic carbocycles. The molecule has 0 aromatic heterocycles. The second-order valence-corrected chi connectivity index (χ2v) is 7.75. The van der Waals surface area contributed by atoms with Gasteiger partial charge in [0, 0.05) is 21.7 Å². The van der Waals surface area contributed by atoms with Crippen LogP contribution in [0.3, 0.4) is 0 Å². The maximum absolute atomic E-state index is 10.0. The van der Waals surface area contributed by atoms with E-state index < -0.39 is 21.8 Å². The molecule has 4 atom stereocenters. The van der Waals surface area contributed by atoms with Crippen LogP contribution in [0, 0.1) is 33.5 Å². The summed E-state index contributed by atoms with van der Waals surface area (Å²) in [5.41, 5.74) is 4.20. The molecule has 1 aromatic carbocycles. The van der Waals surface area contributed by atoms with Crippen molar-refractivity contribution in [3.8, 4) is 12.1 Å². The maximum atomic E-state index is 10.0. The van der Waals surface area contributed by atoms with Crippen LogP contribution >= 0.6 is 35.0 Å². The van der Waals surface area contributed by atoms with Crippen molar-refractivity contribution >= 4 is 40.8 Å². The molecule has 0 amide bonds. The predicted molar refractivity (Wildman–Crippen MR) is 88.1 cm³/mol. The SMILES string of the molecule is N#C[C@@]12[C@@H](c3c(Cl)cccc3Cl)[C@]1(C#N)C(N)=N[C@@]21OCCS1. The number of hydrogen-bond donors (Lipinski definition) is 1. The molecule has 2 N–H and O–H groups in total. The average Bonchev–Trinajstić information content (AvgIpc) is 2.77. The van der Waals surface area contributed by atoms with Gasteiger partial charge in [0.1, 0.15) is 11.3 Å². The third-order valence-electron chi connectivity index (χ3n) is 4.89. The Balaban J connectivity index is 2.00. The lowest BCUT2D eigenvalue weighted by Gasteiger charge is -2.26. The number of fused-ring (bicyclic) bond motifs is 2. The molecule has 5 nitrogen and oxygen atoms in total. The van der Waals surface area contributed by atoms with Crippen molar-refractivity contribution in [1.82, 2.24) is 0 Å². The minimum Gasteiger partial charge on any atom is -0.386 e. The van der Waals surface area contributed by atoms with Gasteiger partial charge in [-0.2, -0.15) is 10.5 Å². The van der Waals surface area contributed by atoms with E-state index in [9.17, 15) is 10.5 Å². The first-order chi connectivity index (χ1) is 11.0. The van der Waals surface area contributed by atoms with Gasteiger partial charge in [0.25, 0.3) is 0 Å². The molecule has 3 aliphatic rings. The molecule has 1 aromatic rings. The van der Waals surface area contributed by atoms with Crippen LogP contribution in [0.4, 0.5) is 0 Å². The molecule has 2 aliphatic heterocycles. The van der Waals surface area contributed by atoms with E-state index in [4.69, 9.17) is 33.7 Å². The highest BCUT2D eigenvalue weighted by molar-refractivity contribution is 8.00. The average molecular weight is 365 g/mol. The van der Waals surface area contributed by atoms with Crippen LogP contribution in [0.15, 0.2) is 23.2 Å². The van der Waals surface area contributed by atoms with Crippen molar-refractivity contribution in [2.75, 3.05) is 12.4 Å². The van der Waals surface area contributed by atoms with Crippen LogP contribution in [0.1, 0.15) is 11.5 Å². The Kier molecular flexibility index (Phi) is 2.99. The van der Waals surface area contributed by atoms with Crippen LogP contribution in [0.25, 0.3) is 0 Å². The number of halogens is 2. The molecule has 2 fully saturated rings. The number of aliphatic imine (C=N–C) groups is 1. The van der Waals surface area contributed by atoms with Gasteiger partial charge < -0.3 is 10.5 Å². The first kappa shape index (κ1) is 15.1. The summed E-state index contributed by atoms with van der Waals surface area (Å²) >= 11 is 14.1. The summed E-state index contributed by atoms with van der Waals surface area (Å²) in [6.07, 6.45) is 0. The topological polar surface area (TPSA) is 95.2 Å². The standard InChI is InChI=1S/C15H10Cl2N4OS/c16-8-2-1-3-9(17)10(8)11-13(6-18)12(20)21-15(14(11,13)7-19)22-4-5-23-15/h1-3,11H,4-5H2,(H2,20,21)/t11-,13+,14+,15+/m0/s1. The molecule has 0 unspecified atom stereocenters. The highest BCUT2D eigenvalue weighted by Gasteiger charge is 2.93. The van der Waals surface area contributed by atoms with Crippen molar-refractivity contribution < 1.29 is 4.74 Å². The number of hydrogen-bond acceptors (Lipinski definition) is 6. The van der Waals surface area contributed by atoms with Crippen molar-refractivity contribution in [3.63, 3.8) is 0 Å². The van der Waals surface area contributed by atoms with E-state index in [0.717, 1.165) is 0 Å². The minimum absolute atomic E-state index is 0.122. The van der Waals surface area contributed by atoms with E-state index in [1.807, 2.05) is 0 Å². The third kappa shape index (κ3) is 1.42. The lowest BCUT2D eigenvalue weighted by Crippen LogP contribution is -2.34. The lowest BCUT2D eigenvalue weighted by molar-refractivity contribution is 0.0200. The second kappa shape index (κ2) is 4.55. The number of nitriles is 2. The van der Waals surface area contributed by atoms with E-state index >= 15 is 0 Å². The van der Waals surface area contributed by atoms with Gasteiger partial charge in [-0.05, 0) is 17.7 Å². The molecule has 2 heterocycles. The number of amidine groups is 1. The molecular formula is C15H10Cl2N4OS. The van der Waals surface area contributed by atoms with E-state index in [-0.39, 0.29) is 5.84 Å². The summed E-state index contributed by atoms with van der Waals surface area (Å²) in [5.74, 6) is 0.247. The largest absolute Gasteiger partial charge is 0.386 e. The van der Waals surface area contributed by atoms with Crippen LogP contribution in [0.5, 0.6) is 0 Å². The van der Waals surface area contributed by atoms with Crippen molar-refractivity contribution in [2.24, 2.45) is 21.6 Å². The molecule has 8 heteroatoms. The fraction of sp³-hybridized carbons (Fsp3) is 0.400. The molecule has 116 valence electrons. The summed E-state index contributed by atoms with van der Waals surface area (Å²) in [4.78, 5) is 4.38. The summed E-state index contributed by atoms with van der Waals surface area (Å²) < 4.78 is 5.81. The van der Waals surface area contributed by atoms with Gasteiger partial charge in [0.15, 0.2) is 5.41 Å². The molecule has 4 rings (SSSR count). The number of nitrogens with two attached hydrogens (primary N) is 1. The monoisotopic (exact) mass is 364 g/mol. The predicted octanol–water partition coefficient (Wildman–Crippen LogP) is 2.90. The summed E-state index contributed by atoms with van der Waals surface area (Å²) in [6, 6.07) is 9.61. The normalized spacial score (nSPS) is 40.3. The summed E-state index contributed by atoms with van der Waals surface area (Å²) in [5, 5.41) is 19.5.